The molecule has 0 aliphatic carbocycles. The topological polar surface area (TPSA) is 87.3 Å². The number of alkyl halides is 1. The number of rotatable bonds is 3. The predicted molar refractivity (Wildman–Crippen MR) is 55.5 cm³/mol. The van der Waals surface area contributed by atoms with Gasteiger partial charge in [-0.1, -0.05) is 0 Å². The van der Waals surface area contributed by atoms with Crippen LogP contribution in [0.15, 0.2) is 0 Å². The Hall–Kier alpha value is -1.30. The zero-order valence-corrected chi connectivity index (χ0v) is 9.51. The molecule has 0 heterocycles. The summed E-state index contributed by atoms with van der Waals surface area (Å²) in [5.74, 6) is -0.963. The number of amides is 4. The minimum absolute atomic E-state index is 0.350. The van der Waals surface area contributed by atoms with Gasteiger partial charge in [0.15, 0.2) is 0 Å². The highest BCUT2D eigenvalue weighted by atomic mass is 35.5. The van der Waals surface area contributed by atoms with E-state index in [1.807, 2.05) is 5.32 Å². The molecule has 0 bridgehead atoms. The van der Waals surface area contributed by atoms with Crippen LogP contribution in [0.25, 0.3) is 0 Å². The normalized spacial score (nSPS) is 13.6. The predicted octanol–water partition coefficient (Wildman–Crippen LogP) is -0.426. The minimum Gasteiger partial charge on any atom is -0.357 e. The highest BCUT2D eigenvalue weighted by Gasteiger charge is 2.17. The van der Waals surface area contributed by atoms with Crippen LogP contribution in [-0.4, -0.2) is 36.3 Å². The maximum atomic E-state index is 11.1. The first-order chi connectivity index (χ1) is 6.88. The van der Waals surface area contributed by atoms with Gasteiger partial charge in [0.2, 0.25) is 11.8 Å². The van der Waals surface area contributed by atoms with Crippen molar-refractivity contribution in [1.29, 1.82) is 0 Å². The summed E-state index contributed by atoms with van der Waals surface area (Å²) in [6, 6.07) is -1.46. The Morgan fingerprint density at radius 1 is 1.13 bits per heavy atom. The second kappa shape index (κ2) is 6.23. The molecule has 86 valence electrons. The van der Waals surface area contributed by atoms with Gasteiger partial charge in [0.05, 0.1) is 0 Å². The van der Waals surface area contributed by atoms with Gasteiger partial charge >= 0.3 is 6.03 Å². The number of hydrogen-bond donors (Lipinski definition) is 3. The molecule has 0 aliphatic rings. The summed E-state index contributed by atoms with van der Waals surface area (Å²) in [5, 5.41) is 5.82. The zero-order valence-electron chi connectivity index (χ0n) is 8.76. The molecular weight excluding hydrogens is 222 g/mol. The van der Waals surface area contributed by atoms with Gasteiger partial charge in [-0.15, -0.1) is 11.6 Å². The molecule has 0 aromatic carbocycles. The lowest BCUT2D eigenvalue weighted by Crippen LogP contribution is -2.50. The van der Waals surface area contributed by atoms with Gasteiger partial charge in [-0.05, 0) is 13.8 Å². The molecule has 7 heteroatoms. The van der Waals surface area contributed by atoms with Crippen molar-refractivity contribution in [1.82, 2.24) is 16.0 Å². The van der Waals surface area contributed by atoms with E-state index in [9.17, 15) is 14.4 Å². The smallest absolute Gasteiger partial charge is 0.322 e. The number of likely N-dealkylation sites (N-methyl/N-ethyl adjacent to an activating group) is 1. The van der Waals surface area contributed by atoms with E-state index in [1.54, 1.807) is 0 Å². The van der Waals surface area contributed by atoms with E-state index in [4.69, 9.17) is 11.6 Å². The molecule has 0 saturated carbocycles. The molecule has 0 aliphatic heterocycles. The lowest BCUT2D eigenvalue weighted by atomic mass is 10.3. The average Bonchev–Trinajstić information content (AvgIpc) is 2.15. The quantitative estimate of drug-likeness (QED) is 0.581. The number of imide groups is 1. The van der Waals surface area contributed by atoms with E-state index in [-0.39, 0.29) is 5.91 Å². The van der Waals surface area contributed by atoms with E-state index >= 15 is 0 Å². The van der Waals surface area contributed by atoms with E-state index in [0.717, 1.165) is 0 Å². The van der Waals surface area contributed by atoms with Crippen molar-refractivity contribution in [3.05, 3.63) is 0 Å². The van der Waals surface area contributed by atoms with Gasteiger partial charge in [0, 0.05) is 7.05 Å². The molecule has 0 aromatic rings. The fourth-order valence-electron chi connectivity index (χ4n) is 0.726. The van der Waals surface area contributed by atoms with Gasteiger partial charge in [-0.3, -0.25) is 14.9 Å². The summed E-state index contributed by atoms with van der Waals surface area (Å²) in [6.45, 7) is 2.93. The van der Waals surface area contributed by atoms with Crippen molar-refractivity contribution >= 4 is 29.4 Å². The van der Waals surface area contributed by atoms with Crippen molar-refractivity contribution in [3.8, 4) is 0 Å². The summed E-state index contributed by atoms with van der Waals surface area (Å²) in [6.07, 6.45) is 0. The Morgan fingerprint density at radius 3 is 2.07 bits per heavy atom. The van der Waals surface area contributed by atoms with Gasteiger partial charge < -0.3 is 10.6 Å². The van der Waals surface area contributed by atoms with Crippen molar-refractivity contribution in [3.63, 3.8) is 0 Å². The van der Waals surface area contributed by atoms with Gasteiger partial charge in [-0.2, -0.15) is 0 Å². The molecule has 0 saturated heterocycles. The van der Waals surface area contributed by atoms with Crippen LogP contribution in [0.5, 0.6) is 0 Å². The van der Waals surface area contributed by atoms with Crippen molar-refractivity contribution in [2.24, 2.45) is 0 Å². The first-order valence-corrected chi connectivity index (χ1v) is 4.79. The van der Waals surface area contributed by atoms with E-state index in [2.05, 4.69) is 10.6 Å². The number of carbonyl (C=O) groups excluding carboxylic acids is 3. The molecule has 15 heavy (non-hydrogen) atoms. The number of carbonyl (C=O) groups is 3. The van der Waals surface area contributed by atoms with E-state index in [1.165, 1.54) is 20.9 Å². The molecule has 0 aromatic heterocycles. The molecule has 2 atom stereocenters. The molecule has 6 nitrogen and oxygen atoms in total. The number of nitrogens with one attached hydrogen (secondary N) is 3. The highest BCUT2D eigenvalue weighted by Crippen LogP contribution is 1.92. The monoisotopic (exact) mass is 235 g/mol. The summed E-state index contributed by atoms with van der Waals surface area (Å²) < 4.78 is 0. The first-order valence-electron chi connectivity index (χ1n) is 4.35. The largest absolute Gasteiger partial charge is 0.357 e. The Bertz CT molecular complexity index is 268. The fourth-order valence-corrected chi connectivity index (χ4v) is 0.781. The third kappa shape index (κ3) is 5.21. The van der Waals surface area contributed by atoms with Crippen LogP contribution in [0.4, 0.5) is 4.79 Å². The van der Waals surface area contributed by atoms with Crippen LogP contribution in [0.3, 0.4) is 0 Å². The first kappa shape index (κ1) is 13.7. The lowest BCUT2D eigenvalue weighted by molar-refractivity contribution is -0.122. The SMILES string of the molecule is CNC(=O)C(C)NC(=O)NC(=O)C(C)Cl. The molecule has 0 radical (unpaired) electrons. The minimum atomic E-state index is -0.800. The Labute approximate surface area is 92.7 Å². The molecule has 3 N–H and O–H groups in total. The summed E-state index contributed by atoms with van der Waals surface area (Å²) in [7, 11) is 1.45. The fraction of sp³-hybridized carbons (Fsp3) is 0.625. The third-order valence-electron chi connectivity index (χ3n) is 1.59. The van der Waals surface area contributed by atoms with Crippen molar-refractivity contribution in [2.75, 3.05) is 7.05 Å². The average molecular weight is 236 g/mol. The Kier molecular flexibility index (Phi) is 5.69. The van der Waals surface area contributed by atoms with Crippen molar-refractivity contribution in [2.45, 2.75) is 25.3 Å². The number of hydrogen-bond acceptors (Lipinski definition) is 3. The summed E-state index contributed by atoms with van der Waals surface area (Å²) in [5.41, 5.74) is 0. The van der Waals surface area contributed by atoms with Crippen LogP contribution in [-0.2, 0) is 9.59 Å². The van der Waals surface area contributed by atoms with Gasteiger partial charge in [0.1, 0.15) is 11.4 Å². The second-order valence-electron chi connectivity index (χ2n) is 2.91. The molecular formula is C8H14ClN3O3. The van der Waals surface area contributed by atoms with E-state index < -0.39 is 23.4 Å². The van der Waals surface area contributed by atoms with Crippen LogP contribution >= 0.6 is 11.6 Å². The Morgan fingerprint density at radius 2 is 1.67 bits per heavy atom. The molecule has 2 unspecified atom stereocenters. The number of urea groups is 1. The van der Waals surface area contributed by atoms with Crippen LogP contribution in [0.1, 0.15) is 13.8 Å². The zero-order chi connectivity index (χ0) is 12.0. The van der Waals surface area contributed by atoms with Crippen LogP contribution in [0.2, 0.25) is 0 Å². The Balaban J connectivity index is 4.04. The van der Waals surface area contributed by atoms with Crippen molar-refractivity contribution < 1.29 is 14.4 Å². The number of halogens is 1. The molecule has 0 fully saturated rings. The highest BCUT2D eigenvalue weighted by molar-refractivity contribution is 6.31. The van der Waals surface area contributed by atoms with Crippen LogP contribution < -0.4 is 16.0 Å². The molecule has 0 spiro atoms. The summed E-state index contributed by atoms with van der Waals surface area (Å²) in [4.78, 5) is 33.1. The maximum absolute atomic E-state index is 11.1. The summed E-state index contributed by atoms with van der Waals surface area (Å²) >= 11 is 5.43. The second-order valence-corrected chi connectivity index (χ2v) is 3.57. The van der Waals surface area contributed by atoms with Gasteiger partial charge in [0.25, 0.3) is 0 Å². The molecule has 0 rings (SSSR count). The van der Waals surface area contributed by atoms with E-state index in [0.29, 0.717) is 0 Å². The standard InChI is InChI=1S/C8H14ClN3O3/c1-4(9)6(13)12-8(15)11-5(2)7(14)10-3/h4-5H,1-3H3,(H,10,14)(H2,11,12,13,15). The van der Waals surface area contributed by atoms with Gasteiger partial charge in [-0.25, -0.2) is 4.79 Å². The molecule has 4 amide bonds. The third-order valence-corrected chi connectivity index (χ3v) is 1.78. The maximum Gasteiger partial charge on any atom is 0.322 e. The lowest BCUT2D eigenvalue weighted by Gasteiger charge is -2.12. The van der Waals surface area contributed by atoms with Crippen LogP contribution in [0, 0.1) is 0 Å².